The fourth-order valence-electron chi connectivity index (χ4n) is 2.51. The van der Waals surface area contributed by atoms with Crippen molar-refractivity contribution in [3.8, 4) is 0 Å². The van der Waals surface area contributed by atoms with Crippen molar-refractivity contribution in [2.75, 3.05) is 0 Å². The molecular weight excluding hydrogens is 324 g/mol. The van der Waals surface area contributed by atoms with Gasteiger partial charge in [-0.15, -0.1) is 0 Å². The molecule has 0 amide bonds. The van der Waals surface area contributed by atoms with Gasteiger partial charge in [0.25, 0.3) is 0 Å². The van der Waals surface area contributed by atoms with Crippen LogP contribution < -0.4 is 0 Å². The molecule has 0 aromatic heterocycles. The third-order valence-corrected chi connectivity index (χ3v) is 4.41. The minimum Gasteiger partial charge on any atom is -0.289 e. The number of aryl methyl sites for hydroxylation is 1. The quantitative estimate of drug-likeness (QED) is 0.568. The van der Waals surface area contributed by atoms with Gasteiger partial charge in [-0.3, -0.25) is 4.79 Å². The van der Waals surface area contributed by atoms with Crippen molar-refractivity contribution < 1.29 is 4.79 Å². The zero-order chi connectivity index (χ0) is 15.0. The first-order valence-corrected chi connectivity index (χ1v) is 7.66. The molecule has 3 aromatic rings. The largest absolute Gasteiger partial charge is 0.289 e. The summed E-state index contributed by atoms with van der Waals surface area (Å²) in [6.45, 7) is 4.03. The Morgan fingerprint density at radius 2 is 1.62 bits per heavy atom. The van der Waals surface area contributed by atoms with E-state index in [0.29, 0.717) is 0 Å². The molecule has 0 saturated carbocycles. The molecule has 0 unspecified atom stereocenters. The Morgan fingerprint density at radius 1 is 0.905 bits per heavy atom. The first kappa shape index (κ1) is 14.0. The van der Waals surface area contributed by atoms with E-state index in [2.05, 4.69) is 22.0 Å². The van der Waals surface area contributed by atoms with Gasteiger partial charge in [-0.25, -0.2) is 0 Å². The predicted molar refractivity (Wildman–Crippen MR) is 91.0 cm³/mol. The average molecular weight is 339 g/mol. The Kier molecular flexibility index (Phi) is 3.64. The lowest BCUT2D eigenvalue weighted by molar-refractivity contribution is 0.103. The molecule has 0 fully saturated rings. The maximum absolute atomic E-state index is 12.7. The Morgan fingerprint density at radius 3 is 2.43 bits per heavy atom. The average Bonchev–Trinajstić information content (AvgIpc) is 2.49. The molecule has 0 aliphatic rings. The van der Waals surface area contributed by atoms with Crippen molar-refractivity contribution in [3.63, 3.8) is 0 Å². The van der Waals surface area contributed by atoms with E-state index in [4.69, 9.17) is 0 Å². The lowest BCUT2D eigenvalue weighted by Crippen LogP contribution is -2.04. The summed E-state index contributed by atoms with van der Waals surface area (Å²) >= 11 is 3.47. The van der Waals surface area contributed by atoms with Gasteiger partial charge in [0.2, 0.25) is 0 Å². The topological polar surface area (TPSA) is 17.1 Å². The molecule has 0 spiro atoms. The maximum Gasteiger partial charge on any atom is 0.193 e. The molecule has 0 aliphatic heterocycles. The highest BCUT2D eigenvalue weighted by Gasteiger charge is 2.13. The van der Waals surface area contributed by atoms with Gasteiger partial charge < -0.3 is 0 Å². The Bertz CT molecular complexity index is 849. The predicted octanol–water partition coefficient (Wildman–Crippen LogP) is 5.45. The van der Waals surface area contributed by atoms with E-state index >= 15 is 0 Å². The van der Waals surface area contributed by atoms with E-state index in [1.807, 2.05) is 62.4 Å². The first-order valence-electron chi connectivity index (χ1n) is 6.86. The number of hydrogen-bond acceptors (Lipinski definition) is 1. The normalized spacial score (nSPS) is 10.8. The van der Waals surface area contributed by atoms with Crippen molar-refractivity contribution in [2.24, 2.45) is 0 Å². The number of carbonyl (C=O) groups excluding carboxylic acids is 1. The van der Waals surface area contributed by atoms with Crippen molar-refractivity contribution in [2.45, 2.75) is 13.8 Å². The number of benzene rings is 3. The molecule has 0 heterocycles. The van der Waals surface area contributed by atoms with Gasteiger partial charge in [0.1, 0.15) is 0 Å². The second kappa shape index (κ2) is 5.45. The Labute approximate surface area is 132 Å². The van der Waals surface area contributed by atoms with Gasteiger partial charge in [0, 0.05) is 15.6 Å². The van der Waals surface area contributed by atoms with Crippen molar-refractivity contribution in [1.29, 1.82) is 0 Å². The molecule has 1 nitrogen and oxygen atoms in total. The van der Waals surface area contributed by atoms with Gasteiger partial charge in [-0.05, 0) is 53.9 Å². The number of rotatable bonds is 2. The molecule has 0 radical (unpaired) electrons. The number of ketones is 1. The molecule has 0 atom stereocenters. The molecule has 0 saturated heterocycles. The van der Waals surface area contributed by atoms with Crippen LogP contribution in [-0.2, 0) is 0 Å². The van der Waals surface area contributed by atoms with Crippen LogP contribution in [0.5, 0.6) is 0 Å². The summed E-state index contributed by atoms with van der Waals surface area (Å²) in [7, 11) is 0. The minimum atomic E-state index is 0.0843. The smallest absolute Gasteiger partial charge is 0.193 e. The number of hydrogen-bond donors (Lipinski definition) is 0. The van der Waals surface area contributed by atoms with Crippen molar-refractivity contribution in [1.82, 2.24) is 0 Å². The van der Waals surface area contributed by atoms with Gasteiger partial charge in [-0.2, -0.15) is 0 Å². The van der Waals surface area contributed by atoms with Gasteiger partial charge in [0.05, 0.1) is 0 Å². The van der Waals surface area contributed by atoms with E-state index in [0.717, 1.165) is 37.5 Å². The standard InChI is InChI=1S/C19H15BrO/c1-12-4-3-5-18(13(12)2)19(21)16-7-6-15-11-17(20)9-8-14(15)10-16/h3-11H,1-2H3. The van der Waals surface area contributed by atoms with Crippen LogP contribution in [0.3, 0.4) is 0 Å². The van der Waals surface area contributed by atoms with Crippen LogP contribution in [0.15, 0.2) is 59.1 Å². The van der Waals surface area contributed by atoms with Gasteiger partial charge in [0.15, 0.2) is 5.78 Å². The van der Waals surface area contributed by atoms with Crippen LogP contribution in [0, 0.1) is 13.8 Å². The summed E-state index contributed by atoms with van der Waals surface area (Å²) in [6, 6.07) is 17.8. The fourth-order valence-corrected chi connectivity index (χ4v) is 2.89. The van der Waals surface area contributed by atoms with E-state index in [1.54, 1.807) is 0 Å². The van der Waals surface area contributed by atoms with E-state index in [-0.39, 0.29) is 5.78 Å². The van der Waals surface area contributed by atoms with Gasteiger partial charge in [-0.1, -0.05) is 52.3 Å². The van der Waals surface area contributed by atoms with Crippen LogP contribution in [0.4, 0.5) is 0 Å². The molecule has 2 heteroatoms. The molecule has 0 bridgehead atoms. The van der Waals surface area contributed by atoms with Crippen LogP contribution in [0.1, 0.15) is 27.0 Å². The molecule has 21 heavy (non-hydrogen) atoms. The van der Waals surface area contributed by atoms with Crippen LogP contribution >= 0.6 is 15.9 Å². The Balaban J connectivity index is 2.09. The SMILES string of the molecule is Cc1cccc(C(=O)c2ccc3cc(Br)ccc3c2)c1C. The van der Waals surface area contributed by atoms with E-state index < -0.39 is 0 Å². The highest BCUT2D eigenvalue weighted by atomic mass is 79.9. The Hall–Kier alpha value is -1.93. The monoisotopic (exact) mass is 338 g/mol. The molecular formula is C19H15BrO. The van der Waals surface area contributed by atoms with Gasteiger partial charge >= 0.3 is 0 Å². The van der Waals surface area contributed by atoms with Crippen LogP contribution in [0.25, 0.3) is 10.8 Å². The maximum atomic E-state index is 12.7. The highest BCUT2D eigenvalue weighted by Crippen LogP contribution is 2.23. The summed E-state index contributed by atoms with van der Waals surface area (Å²) in [5.74, 6) is 0.0843. The van der Waals surface area contributed by atoms with Crippen LogP contribution in [-0.4, -0.2) is 5.78 Å². The molecule has 0 N–H and O–H groups in total. The summed E-state index contributed by atoms with van der Waals surface area (Å²) in [6.07, 6.45) is 0. The number of halogens is 1. The second-order valence-electron chi connectivity index (χ2n) is 5.28. The van der Waals surface area contributed by atoms with E-state index in [1.165, 1.54) is 0 Å². The fraction of sp³-hybridized carbons (Fsp3) is 0.105. The minimum absolute atomic E-state index is 0.0843. The molecule has 104 valence electrons. The number of carbonyl (C=O) groups is 1. The third kappa shape index (κ3) is 2.64. The van der Waals surface area contributed by atoms with Crippen LogP contribution in [0.2, 0.25) is 0 Å². The highest BCUT2D eigenvalue weighted by molar-refractivity contribution is 9.10. The van der Waals surface area contributed by atoms with Crippen molar-refractivity contribution in [3.05, 3.63) is 81.3 Å². The zero-order valence-corrected chi connectivity index (χ0v) is 13.6. The third-order valence-electron chi connectivity index (χ3n) is 3.91. The summed E-state index contributed by atoms with van der Waals surface area (Å²) < 4.78 is 1.05. The lowest BCUT2D eigenvalue weighted by Gasteiger charge is -2.08. The molecule has 3 rings (SSSR count). The first-order chi connectivity index (χ1) is 10.1. The molecule has 0 aliphatic carbocycles. The second-order valence-corrected chi connectivity index (χ2v) is 6.20. The summed E-state index contributed by atoms with van der Waals surface area (Å²) in [5, 5.41) is 2.20. The van der Waals surface area contributed by atoms with Crippen molar-refractivity contribution >= 4 is 32.5 Å². The number of fused-ring (bicyclic) bond motifs is 1. The molecule has 3 aromatic carbocycles. The zero-order valence-electron chi connectivity index (χ0n) is 12.0. The summed E-state index contributed by atoms with van der Waals surface area (Å²) in [5.41, 5.74) is 3.72. The van der Waals surface area contributed by atoms with E-state index in [9.17, 15) is 4.79 Å². The summed E-state index contributed by atoms with van der Waals surface area (Å²) in [4.78, 5) is 12.7. The lowest BCUT2D eigenvalue weighted by atomic mass is 9.95.